The summed E-state index contributed by atoms with van der Waals surface area (Å²) in [7, 11) is 0. The third kappa shape index (κ3) is 3.90. The number of hydrogen-bond donors (Lipinski definition) is 1. The second kappa shape index (κ2) is 8.43. The SMILES string of the molecule is CCOc1cc2c(cc1OCC)C(c1ccc(C(=O)N=O)cc1)=NCC(=O)N2. The van der Waals surface area contributed by atoms with E-state index in [1.54, 1.807) is 24.3 Å². The van der Waals surface area contributed by atoms with Crippen LogP contribution in [0.5, 0.6) is 11.5 Å². The summed E-state index contributed by atoms with van der Waals surface area (Å²) in [4.78, 5) is 38.4. The van der Waals surface area contributed by atoms with E-state index in [-0.39, 0.29) is 18.0 Å². The highest BCUT2D eigenvalue weighted by Crippen LogP contribution is 2.36. The maximum atomic E-state index is 12.1. The Hall–Kier alpha value is -3.55. The van der Waals surface area contributed by atoms with Gasteiger partial charge in [0.15, 0.2) is 11.5 Å². The lowest BCUT2D eigenvalue weighted by molar-refractivity contribution is -0.114. The summed E-state index contributed by atoms with van der Waals surface area (Å²) in [6.45, 7) is 4.59. The molecule has 0 aliphatic carbocycles. The van der Waals surface area contributed by atoms with E-state index in [0.29, 0.717) is 47.2 Å². The van der Waals surface area contributed by atoms with Crippen LogP contribution in [-0.2, 0) is 4.79 Å². The predicted molar refractivity (Wildman–Crippen MR) is 104 cm³/mol. The molecule has 2 amide bonds. The van der Waals surface area contributed by atoms with Gasteiger partial charge in [0.2, 0.25) is 5.91 Å². The molecule has 0 spiro atoms. The monoisotopic (exact) mass is 381 g/mol. The third-order valence-corrected chi connectivity index (χ3v) is 4.08. The van der Waals surface area contributed by atoms with Gasteiger partial charge >= 0.3 is 5.91 Å². The summed E-state index contributed by atoms with van der Waals surface area (Å²) < 4.78 is 11.3. The minimum atomic E-state index is -0.841. The van der Waals surface area contributed by atoms with Crippen molar-refractivity contribution < 1.29 is 19.1 Å². The van der Waals surface area contributed by atoms with Gasteiger partial charge in [-0.3, -0.25) is 14.6 Å². The van der Waals surface area contributed by atoms with Gasteiger partial charge < -0.3 is 14.8 Å². The number of benzene rings is 2. The van der Waals surface area contributed by atoms with Crippen LogP contribution < -0.4 is 14.8 Å². The summed E-state index contributed by atoms with van der Waals surface area (Å²) in [5.41, 5.74) is 2.67. The van der Waals surface area contributed by atoms with Gasteiger partial charge in [0.25, 0.3) is 0 Å². The summed E-state index contributed by atoms with van der Waals surface area (Å²) in [6.07, 6.45) is 0. The normalized spacial score (nSPS) is 12.9. The summed E-state index contributed by atoms with van der Waals surface area (Å²) in [5, 5.41) is 5.25. The number of rotatable bonds is 6. The Morgan fingerprint density at radius 1 is 1.11 bits per heavy atom. The number of nitrogens with one attached hydrogen (secondary N) is 1. The van der Waals surface area contributed by atoms with Gasteiger partial charge in [0.05, 0.1) is 24.6 Å². The zero-order chi connectivity index (χ0) is 20.1. The second-order valence-corrected chi connectivity index (χ2v) is 5.90. The van der Waals surface area contributed by atoms with Crippen LogP contribution in [0.1, 0.15) is 35.3 Å². The van der Waals surface area contributed by atoms with E-state index in [4.69, 9.17) is 9.47 Å². The zero-order valence-electron chi connectivity index (χ0n) is 15.5. The number of carbonyl (C=O) groups is 2. The van der Waals surface area contributed by atoms with Crippen LogP contribution in [0.15, 0.2) is 46.6 Å². The summed E-state index contributed by atoms with van der Waals surface area (Å²) in [5.74, 6) is -0.0158. The molecule has 0 radical (unpaired) electrons. The van der Waals surface area contributed by atoms with Crippen molar-refractivity contribution >= 4 is 23.2 Å². The summed E-state index contributed by atoms with van der Waals surface area (Å²) >= 11 is 0. The van der Waals surface area contributed by atoms with Crippen molar-refractivity contribution in [3.05, 3.63) is 58.0 Å². The Bertz CT molecular complexity index is 951. The quantitative estimate of drug-likeness (QED) is 0.774. The van der Waals surface area contributed by atoms with Crippen molar-refractivity contribution in [3.63, 3.8) is 0 Å². The number of nitroso groups, excluding NO2 is 1. The van der Waals surface area contributed by atoms with E-state index in [2.05, 4.69) is 15.5 Å². The smallest absolute Gasteiger partial charge is 0.316 e. The van der Waals surface area contributed by atoms with Crippen LogP contribution in [0.25, 0.3) is 0 Å². The lowest BCUT2D eigenvalue weighted by Crippen LogP contribution is -2.13. The molecular formula is C20H19N3O5. The molecule has 0 fully saturated rings. The number of carbonyl (C=O) groups excluding carboxylic acids is 2. The van der Waals surface area contributed by atoms with Gasteiger partial charge in [-0.15, -0.1) is 4.91 Å². The highest BCUT2D eigenvalue weighted by molar-refractivity contribution is 6.19. The summed E-state index contributed by atoms with van der Waals surface area (Å²) in [6, 6.07) is 9.82. The maximum absolute atomic E-state index is 12.1. The number of aliphatic imine (C=N–C) groups is 1. The minimum Gasteiger partial charge on any atom is -0.490 e. The molecule has 0 aromatic heterocycles. The molecule has 8 heteroatoms. The lowest BCUT2D eigenvalue weighted by Gasteiger charge is -2.16. The van der Waals surface area contributed by atoms with Crippen molar-refractivity contribution in [3.8, 4) is 11.5 Å². The largest absolute Gasteiger partial charge is 0.490 e. The zero-order valence-corrected chi connectivity index (χ0v) is 15.5. The van der Waals surface area contributed by atoms with Crippen LogP contribution in [0.4, 0.5) is 5.69 Å². The topological polar surface area (TPSA) is 106 Å². The molecule has 2 aromatic rings. The number of benzodiazepines with no additional fused rings is 1. The van der Waals surface area contributed by atoms with Crippen molar-refractivity contribution in [2.24, 2.45) is 10.2 Å². The van der Waals surface area contributed by atoms with E-state index >= 15 is 0 Å². The van der Waals surface area contributed by atoms with Crippen molar-refractivity contribution in [2.45, 2.75) is 13.8 Å². The third-order valence-electron chi connectivity index (χ3n) is 4.08. The van der Waals surface area contributed by atoms with Crippen LogP contribution in [0, 0.1) is 4.91 Å². The average Bonchev–Trinajstić information content (AvgIpc) is 2.86. The molecule has 0 unspecified atom stereocenters. The number of hydrogen-bond acceptors (Lipinski definition) is 6. The van der Waals surface area contributed by atoms with E-state index in [0.717, 1.165) is 0 Å². The van der Waals surface area contributed by atoms with Crippen LogP contribution in [-0.4, -0.2) is 37.3 Å². The molecule has 1 aliphatic heterocycles. The van der Waals surface area contributed by atoms with E-state index in [1.165, 1.54) is 12.1 Å². The Labute approximate surface area is 161 Å². The van der Waals surface area contributed by atoms with Crippen LogP contribution in [0.3, 0.4) is 0 Å². The van der Waals surface area contributed by atoms with Crippen molar-refractivity contribution in [1.82, 2.24) is 0 Å². The fraction of sp³-hybridized carbons (Fsp3) is 0.250. The van der Waals surface area contributed by atoms with E-state index in [9.17, 15) is 14.5 Å². The van der Waals surface area contributed by atoms with Crippen LogP contribution in [0.2, 0.25) is 0 Å². The molecule has 0 bridgehead atoms. The van der Waals surface area contributed by atoms with Gasteiger partial charge in [0.1, 0.15) is 6.54 Å². The van der Waals surface area contributed by atoms with Gasteiger partial charge in [0, 0.05) is 27.9 Å². The lowest BCUT2D eigenvalue weighted by atomic mass is 9.98. The molecule has 0 saturated heterocycles. The van der Waals surface area contributed by atoms with Gasteiger partial charge in [-0.2, -0.15) is 0 Å². The average molecular weight is 381 g/mol. The second-order valence-electron chi connectivity index (χ2n) is 5.90. The number of anilines is 1. The molecule has 0 saturated carbocycles. The highest BCUT2D eigenvalue weighted by atomic mass is 16.5. The van der Waals surface area contributed by atoms with E-state index < -0.39 is 5.91 Å². The molecule has 28 heavy (non-hydrogen) atoms. The van der Waals surface area contributed by atoms with Crippen molar-refractivity contribution in [1.29, 1.82) is 0 Å². The Morgan fingerprint density at radius 3 is 2.36 bits per heavy atom. The number of fused-ring (bicyclic) bond motifs is 1. The fourth-order valence-electron chi connectivity index (χ4n) is 2.89. The Morgan fingerprint density at radius 2 is 1.75 bits per heavy atom. The molecule has 1 heterocycles. The molecule has 8 nitrogen and oxygen atoms in total. The van der Waals surface area contributed by atoms with Gasteiger partial charge in [-0.05, 0) is 32.0 Å². The first kappa shape index (κ1) is 19.2. The number of amides is 2. The Kier molecular flexibility index (Phi) is 5.78. The molecule has 144 valence electrons. The highest BCUT2D eigenvalue weighted by Gasteiger charge is 2.22. The number of ether oxygens (including phenoxy) is 2. The molecule has 1 aliphatic rings. The standard InChI is InChI=1S/C20H19N3O5/c1-3-27-16-9-14-15(10-17(16)28-4-2)22-18(24)11-21-19(14)12-5-7-13(8-6-12)20(25)23-26/h5-10H,3-4,11H2,1-2H3,(H,22,24). The van der Waals surface area contributed by atoms with Gasteiger partial charge in [-0.25, -0.2) is 0 Å². The van der Waals surface area contributed by atoms with E-state index in [1.807, 2.05) is 13.8 Å². The molecule has 3 rings (SSSR count). The first-order valence-corrected chi connectivity index (χ1v) is 8.83. The van der Waals surface area contributed by atoms with Crippen molar-refractivity contribution in [2.75, 3.05) is 25.1 Å². The van der Waals surface area contributed by atoms with Crippen LogP contribution >= 0.6 is 0 Å². The molecule has 2 aromatic carbocycles. The molecule has 0 atom stereocenters. The molecule has 1 N–H and O–H groups in total. The number of nitrogens with zero attached hydrogens (tertiary/aromatic N) is 2. The Balaban J connectivity index is 2.10. The fourth-order valence-corrected chi connectivity index (χ4v) is 2.89. The van der Waals surface area contributed by atoms with Gasteiger partial charge in [-0.1, -0.05) is 12.1 Å². The molecular weight excluding hydrogens is 362 g/mol. The maximum Gasteiger partial charge on any atom is 0.316 e. The first-order valence-electron chi connectivity index (χ1n) is 8.83. The first-order chi connectivity index (χ1) is 13.6. The predicted octanol–water partition coefficient (Wildman–Crippen LogP) is 3.18. The minimum absolute atomic E-state index is 0.0471.